The van der Waals surface area contributed by atoms with Gasteiger partial charge in [0, 0.05) is 6.42 Å². The molecule has 37 heavy (non-hydrogen) atoms. The van der Waals surface area contributed by atoms with Gasteiger partial charge in [-0.2, -0.15) is 0 Å². The monoisotopic (exact) mass is 529 g/mol. The van der Waals surface area contributed by atoms with Crippen molar-refractivity contribution in [1.29, 1.82) is 0 Å². The van der Waals surface area contributed by atoms with Crippen molar-refractivity contribution in [2.45, 2.75) is 121 Å². The third-order valence-electron chi connectivity index (χ3n) is 7.11. The number of aliphatic carboxylic acids is 1. The van der Waals surface area contributed by atoms with Crippen molar-refractivity contribution in [3.8, 4) is 0 Å². The first-order chi connectivity index (χ1) is 17.7. The number of rotatable bonds is 18. The van der Waals surface area contributed by atoms with Crippen LogP contribution in [0.25, 0.3) is 0 Å². The highest BCUT2D eigenvalue weighted by Crippen LogP contribution is 2.33. The van der Waals surface area contributed by atoms with Crippen LogP contribution < -0.4 is 5.73 Å². The van der Waals surface area contributed by atoms with E-state index in [0.717, 1.165) is 32.1 Å². The number of aliphatic hydroxyl groups excluding tert-OH is 5. The Kier molecular flexibility index (Phi) is 21.9. The van der Waals surface area contributed by atoms with Crippen LogP contribution >= 0.6 is 0 Å². The highest BCUT2D eigenvalue weighted by atomic mass is 16.4. The van der Waals surface area contributed by atoms with E-state index < -0.39 is 37.4 Å². The second-order valence-electron chi connectivity index (χ2n) is 10.5. The quantitative estimate of drug-likeness (QED) is 0.0802. The molecule has 0 saturated heterocycles. The third kappa shape index (κ3) is 18.6. The maximum absolute atomic E-state index is 10.7. The minimum Gasteiger partial charge on any atom is -0.481 e. The fraction of sp³-hybridized carbons (Fsp3) is 0.828. The molecule has 0 spiro atoms. The van der Waals surface area contributed by atoms with E-state index in [-0.39, 0.29) is 18.4 Å². The molecule has 0 aromatic rings. The lowest BCUT2D eigenvalue weighted by Gasteiger charge is -2.27. The van der Waals surface area contributed by atoms with Gasteiger partial charge in [-0.3, -0.25) is 4.79 Å². The molecule has 1 rings (SSSR count). The first-order valence-corrected chi connectivity index (χ1v) is 14.3. The van der Waals surface area contributed by atoms with E-state index in [2.05, 4.69) is 13.0 Å². The molecule has 8 heteroatoms. The summed E-state index contributed by atoms with van der Waals surface area (Å²) < 4.78 is 0. The molecule has 1 saturated carbocycles. The maximum Gasteiger partial charge on any atom is 0.303 e. The molecule has 4 atom stereocenters. The Morgan fingerprint density at radius 1 is 0.892 bits per heavy atom. The number of allylic oxidation sites excluding steroid dienone is 3. The van der Waals surface area contributed by atoms with Crippen molar-refractivity contribution < 1.29 is 35.4 Å². The van der Waals surface area contributed by atoms with Gasteiger partial charge in [0.25, 0.3) is 0 Å². The molecule has 218 valence electrons. The largest absolute Gasteiger partial charge is 0.481 e. The standard InChI is InChI=1S/C25H44O4.C4H11NO3/c1-2-3-4-5-6-9-16-22(26)17-12-11-15-21-14-8-7-10-18-23(21)24(27)19-13-20-25(28)29;5-4(1-6,2-7)3-8/h11-12,15,17,21-24,26-27H,2-10,13-14,16,18-20H2,1H3,(H,28,29);6-8H,1-3,5H2/b15-11+,17-12+;/t21-,22?,23+,24?;/m0./s1. The summed E-state index contributed by atoms with van der Waals surface area (Å²) >= 11 is 0. The van der Waals surface area contributed by atoms with E-state index in [9.17, 15) is 15.0 Å². The average molecular weight is 530 g/mol. The molecular formula is C29H55NO7. The molecule has 8 N–H and O–H groups in total. The van der Waals surface area contributed by atoms with E-state index in [1.165, 1.54) is 44.9 Å². The summed E-state index contributed by atoms with van der Waals surface area (Å²) in [5.74, 6) is -0.249. The molecule has 2 unspecified atom stereocenters. The fourth-order valence-corrected chi connectivity index (χ4v) is 4.54. The zero-order valence-electron chi connectivity index (χ0n) is 23.0. The molecular weight excluding hydrogens is 474 g/mol. The summed E-state index contributed by atoms with van der Waals surface area (Å²) in [6, 6.07) is 0. The normalized spacial score (nSPS) is 20.4. The Morgan fingerprint density at radius 2 is 1.51 bits per heavy atom. The second-order valence-corrected chi connectivity index (χ2v) is 10.5. The van der Waals surface area contributed by atoms with Gasteiger partial charge in [-0.25, -0.2) is 0 Å². The van der Waals surface area contributed by atoms with Crippen molar-refractivity contribution in [3.63, 3.8) is 0 Å². The van der Waals surface area contributed by atoms with Crippen molar-refractivity contribution in [3.05, 3.63) is 24.3 Å². The predicted molar refractivity (Wildman–Crippen MR) is 148 cm³/mol. The topological polar surface area (TPSA) is 164 Å². The van der Waals surface area contributed by atoms with Gasteiger partial charge in [-0.15, -0.1) is 0 Å². The van der Waals surface area contributed by atoms with Crippen LogP contribution in [0.5, 0.6) is 0 Å². The van der Waals surface area contributed by atoms with E-state index in [1.807, 2.05) is 18.2 Å². The zero-order chi connectivity index (χ0) is 27.9. The van der Waals surface area contributed by atoms with Crippen molar-refractivity contribution in [1.82, 2.24) is 0 Å². The van der Waals surface area contributed by atoms with E-state index >= 15 is 0 Å². The summed E-state index contributed by atoms with van der Waals surface area (Å²) in [6.07, 6.45) is 22.3. The van der Waals surface area contributed by atoms with Crippen LogP contribution in [0.1, 0.15) is 103 Å². The van der Waals surface area contributed by atoms with Gasteiger partial charge in [0.05, 0.1) is 37.6 Å². The average Bonchev–Trinajstić information content (AvgIpc) is 3.14. The van der Waals surface area contributed by atoms with Crippen molar-refractivity contribution in [2.24, 2.45) is 17.6 Å². The van der Waals surface area contributed by atoms with Crippen LogP contribution in [-0.4, -0.2) is 74.2 Å². The zero-order valence-corrected chi connectivity index (χ0v) is 23.0. The number of unbranched alkanes of at least 4 members (excludes halogenated alkanes) is 5. The number of carboxylic acid groups (broad SMARTS) is 1. The van der Waals surface area contributed by atoms with Gasteiger partial charge in [0.1, 0.15) is 0 Å². The van der Waals surface area contributed by atoms with Crippen LogP contribution in [0.4, 0.5) is 0 Å². The molecule has 0 aromatic carbocycles. The number of carboxylic acids is 1. The molecule has 0 amide bonds. The number of hydrogen-bond acceptors (Lipinski definition) is 7. The molecule has 0 radical (unpaired) electrons. The van der Waals surface area contributed by atoms with Crippen LogP contribution in [0, 0.1) is 11.8 Å². The minimum absolute atomic E-state index is 0.128. The Bertz CT molecular complexity index is 599. The summed E-state index contributed by atoms with van der Waals surface area (Å²) in [5.41, 5.74) is 3.94. The molecule has 0 aliphatic heterocycles. The third-order valence-corrected chi connectivity index (χ3v) is 7.11. The van der Waals surface area contributed by atoms with Crippen LogP contribution in [0.15, 0.2) is 24.3 Å². The Labute approximate surface area is 224 Å². The van der Waals surface area contributed by atoms with Crippen molar-refractivity contribution >= 4 is 5.97 Å². The Hall–Kier alpha value is -1.29. The predicted octanol–water partition coefficient (Wildman–Crippen LogP) is 3.68. The van der Waals surface area contributed by atoms with E-state index in [0.29, 0.717) is 18.8 Å². The summed E-state index contributed by atoms with van der Waals surface area (Å²) in [6.45, 7) is 1.01. The van der Waals surface area contributed by atoms with Gasteiger partial charge in [0.2, 0.25) is 0 Å². The molecule has 1 aliphatic rings. The number of hydrogen-bond donors (Lipinski definition) is 7. The number of nitrogens with two attached hydrogens (primary N) is 1. The fourth-order valence-electron chi connectivity index (χ4n) is 4.54. The molecule has 0 aromatic heterocycles. The highest BCUT2D eigenvalue weighted by molar-refractivity contribution is 5.66. The van der Waals surface area contributed by atoms with Crippen molar-refractivity contribution in [2.75, 3.05) is 19.8 Å². The Balaban J connectivity index is 0.00000139. The van der Waals surface area contributed by atoms with Gasteiger partial charge in [-0.05, 0) is 43.9 Å². The highest BCUT2D eigenvalue weighted by Gasteiger charge is 2.27. The van der Waals surface area contributed by atoms with Gasteiger partial charge in [0.15, 0.2) is 0 Å². The van der Waals surface area contributed by atoms with Gasteiger partial charge < -0.3 is 36.4 Å². The first-order valence-electron chi connectivity index (χ1n) is 14.3. The first kappa shape index (κ1) is 35.7. The molecule has 1 aliphatic carbocycles. The smallest absolute Gasteiger partial charge is 0.303 e. The van der Waals surface area contributed by atoms with E-state index in [4.69, 9.17) is 26.2 Å². The summed E-state index contributed by atoms with van der Waals surface area (Å²) in [4.78, 5) is 10.7. The maximum atomic E-state index is 10.7. The lowest BCUT2D eigenvalue weighted by Crippen LogP contribution is -2.50. The number of carbonyl (C=O) groups is 1. The van der Waals surface area contributed by atoms with Gasteiger partial charge >= 0.3 is 5.97 Å². The minimum atomic E-state index is -1.21. The SMILES string of the molecule is CCCCCCCCC(O)/C=C/C=C/[C@@H]1CCCCC[C@H]1C(O)CCCC(=O)O.NC(CO)(CO)CO. The van der Waals surface area contributed by atoms with Gasteiger partial charge in [-0.1, -0.05) is 89.0 Å². The summed E-state index contributed by atoms with van der Waals surface area (Å²) in [5, 5.41) is 54.5. The molecule has 0 heterocycles. The lowest BCUT2D eigenvalue weighted by molar-refractivity contribution is -0.137. The number of aliphatic hydroxyl groups is 5. The molecule has 1 fully saturated rings. The molecule has 8 nitrogen and oxygen atoms in total. The van der Waals surface area contributed by atoms with Crippen LogP contribution in [-0.2, 0) is 4.79 Å². The summed E-state index contributed by atoms with van der Waals surface area (Å²) in [7, 11) is 0. The lowest BCUT2D eigenvalue weighted by atomic mass is 9.81. The Morgan fingerprint density at radius 3 is 2.11 bits per heavy atom. The van der Waals surface area contributed by atoms with E-state index in [1.54, 1.807) is 0 Å². The van der Waals surface area contributed by atoms with Crippen LogP contribution in [0.3, 0.4) is 0 Å². The van der Waals surface area contributed by atoms with Crippen LogP contribution in [0.2, 0.25) is 0 Å². The second kappa shape index (κ2) is 22.7. The molecule has 0 bridgehead atoms.